The van der Waals surface area contributed by atoms with E-state index in [4.69, 9.17) is 11.6 Å². The lowest BCUT2D eigenvalue weighted by molar-refractivity contribution is -0.386. The van der Waals surface area contributed by atoms with Crippen LogP contribution in [0.3, 0.4) is 0 Å². The van der Waals surface area contributed by atoms with Crippen molar-refractivity contribution in [3.05, 3.63) is 50.9 Å². The van der Waals surface area contributed by atoms with Crippen LogP contribution in [0.25, 0.3) is 0 Å². The van der Waals surface area contributed by atoms with E-state index in [0.717, 1.165) is 0 Å². The zero-order valence-corrected chi connectivity index (χ0v) is 8.55. The third kappa shape index (κ3) is 2.92. The van der Waals surface area contributed by atoms with Crippen molar-refractivity contribution >= 4 is 17.3 Å². The molecule has 6 heteroatoms. The molecule has 0 saturated heterocycles. The highest BCUT2D eigenvalue weighted by Gasteiger charge is 2.12. The van der Waals surface area contributed by atoms with Gasteiger partial charge in [-0.05, 0) is 6.07 Å². The van der Waals surface area contributed by atoms with Crippen molar-refractivity contribution in [3.8, 4) is 0 Å². The van der Waals surface area contributed by atoms with Crippen LogP contribution >= 0.6 is 11.6 Å². The van der Waals surface area contributed by atoms with Gasteiger partial charge in [-0.2, -0.15) is 0 Å². The van der Waals surface area contributed by atoms with Crippen molar-refractivity contribution in [1.82, 2.24) is 4.57 Å². The second kappa shape index (κ2) is 5.31. The van der Waals surface area contributed by atoms with Gasteiger partial charge in [0.05, 0.1) is 4.92 Å². The summed E-state index contributed by atoms with van der Waals surface area (Å²) in [5.41, 5.74) is -1.03. The molecule has 0 aliphatic heterocycles. The Labute approximate surface area is 90.7 Å². The molecule has 1 aromatic rings. The van der Waals surface area contributed by atoms with E-state index in [-0.39, 0.29) is 6.54 Å². The summed E-state index contributed by atoms with van der Waals surface area (Å²) in [4.78, 5) is 21.2. The summed E-state index contributed by atoms with van der Waals surface area (Å²) in [7, 11) is 0. The molecule has 0 bridgehead atoms. The number of aromatic nitrogens is 1. The van der Waals surface area contributed by atoms with Gasteiger partial charge in [0, 0.05) is 24.7 Å². The Bertz CT molecular complexity index is 439. The lowest BCUT2D eigenvalue weighted by atomic mass is 10.4. The predicted octanol–water partition coefficient (Wildman–Crippen LogP) is 1.55. The number of nitrogens with zero attached hydrogens (tertiary/aromatic N) is 2. The van der Waals surface area contributed by atoms with Crippen LogP contribution < -0.4 is 5.56 Å². The minimum atomic E-state index is -0.690. The predicted molar refractivity (Wildman–Crippen MR) is 57.2 cm³/mol. The fraction of sp³-hybridized carbons (Fsp3) is 0.222. The fourth-order valence-electron chi connectivity index (χ4n) is 1.06. The van der Waals surface area contributed by atoms with Crippen LogP contribution in [0.2, 0.25) is 0 Å². The first-order chi connectivity index (χ1) is 7.16. The molecule has 0 radical (unpaired) electrons. The van der Waals surface area contributed by atoms with E-state index in [0.29, 0.717) is 5.88 Å². The summed E-state index contributed by atoms with van der Waals surface area (Å²) in [6.07, 6.45) is 4.85. The SMILES string of the molecule is O=c1c([N+](=O)[O-])cccn1CC=CCCl. The van der Waals surface area contributed by atoms with Crippen molar-refractivity contribution < 1.29 is 4.92 Å². The molecule has 0 N–H and O–H groups in total. The van der Waals surface area contributed by atoms with E-state index in [1.807, 2.05) is 0 Å². The van der Waals surface area contributed by atoms with E-state index in [9.17, 15) is 14.9 Å². The van der Waals surface area contributed by atoms with Gasteiger partial charge in [-0.1, -0.05) is 12.2 Å². The molecule has 80 valence electrons. The smallest absolute Gasteiger partial charge is 0.306 e. The standard InChI is InChI=1S/C9H9ClN2O3/c10-5-1-2-6-11-7-3-4-8(9(11)13)12(14)15/h1-4,7H,5-6H2. The monoisotopic (exact) mass is 228 g/mol. The second-order valence-corrected chi connectivity index (χ2v) is 3.04. The van der Waals surface area contributed by atoms with Gasteiger partial charge in [0.15, 0.2) is 0 Å². The maximum Gasteiger partial charge on any atom is 0.334 e. The summed E-state index contributed by atoms with van der Waals surface area (Å²) in [6.45, 7) is 0.285. The van der Waals surface area contributed by atoms with Crippen molar-refractivity contribution in [3.63, 3.8) is 0 Å². The van der Waals surface area contributed by atoms with Gasteiger partial charge in [0.1, 0.15) is 0 Å². The molecule has 0 unspecified atom stereocenters. The minimum absolute atomic E-state index is 0.285. The molecule has 5 nitrogen and oxygen atoms in total. The molecule has 1 heterocycles. The van der Waals surface area contributed by atoms with E-state index >= 15 is 0 Å². The Morgan fingerprint density at radius 2 is 2.27 bits per heavy atom. The fourth-order valence-corrected chi connectivity index (χ4v) is 1.18. The van der Waals surface area contributed by atoms with Gasteiger partial charge in [0.25, 0.3) is 0 Å². The second-order valence-electron chi connectivity index (χ2n) is 2.73. The normalized spacial score (nSPS) is 10.7. The van der Waals surface area contributed by atoms with E-state index in [1.54, 1.807) is 12.2 Å². The first-order valence-electron chi connectivity index (χ1n) is 4.21. The molecule has 0 spiro atoms. The molecule has 1 rings (SSSR count). The first kappa shape index (κ1) is 11.5. The number of rotatable bonds is 4. The summed E-state index contributed by atoms with van der Waals surface area (Å²) < 4.78 is 1.25. The number of alkyl halides is 1. The average molecular weight is 229 g/mol. The molecule has 0 saturated carbocycles. The van der Waals surface area contributed by atoms with Crippen molar-refractivity contribution in [1.29, 1.82) is 0 Å². The first-order valence-corrected chi connectivity index (χ1v) is 4.75. The van der Waals surface area contributed by atoms with E-state index in [1.165, 1.54) is 22.9 Å². The summed E-state index contributed by atoms with van der Waals surface area (Å²) in [5, 5.41) is 10.5. The van der Waals surface area contributed by atoms with Crippen LogP contribution in [0.4, 0.5) is 5.69 Å². The third-order valence-electron chi connectivity index (χ3n) is 1.75. The number of pyridine rings is 1. The lowest BCUT2D eigenvalue weighted by Crippen LogP contribution is -2.21. The zero-order valence-electron chi connectivity index (χ0n) is 7.80. The van der Waals surface area contributed by atoms with Crippen LogP contribution in [0.15, 0.2) is 35.3 Å². The van der Waals surface area contributed by atoms with Gasteiger partial charge in [0.2, 0.25) is 0 Å². The number of allylic oxidation sites excluding steroid dienone is 2. The van der Waals surface area contributed by atoms with Crippen LogP contribution in [0.1, 0.15) is 0 Å². The van der Waals surface area contributed by atoms with Gasteiger partial charge in [-0.15, -0.1) is 11.6 Å². The lowest BCUT2D eigenvalue weighted by Gasteiger charge is -2.00. The van der Waals surface area contributed by atoms with Gasteiger partial charge in [-0.3, -0.25) is 14.9 Å². The molecule has 0 aliphatic carbocycles. The Hall–Kier alpha value is -1.62. The van der Waals surface area contributed by atoms with Gasteiger partial charge in [-0.25, -0.2) is 0 Å². The summed E-state index contributed by atoms with van der Waals surface area (Å²) in [6, 6.07) is 2.65. The van der Waals surface area contributed by atoms with Crippen LogP contribution in [-0.2, 0) is 6.54 Å². The van der Waals surface area contributed by atoms with Crippen LogP contribution in [-0.4, -0.2) is 15.4 Å². The maximum absolute atomic E-state index is 11.5. The Morgan fingerprint density at radius 1 is 1.53 bits per heavy atom. The molecule has 0 aliphatic rings. The highest BCUT2D eigenvalue weighted by molar-refractivity contribution is 6.18. The van der Waals surface area contributed by atoms with Crippen LogP contribution in [0.5, 0.6) is 0 Å². The number of halogens is 1. The molecule has 1 aromatic heterocycles. The number of hydrogen-bond acceptors (Lipinski definition) is 3. The van der Waals surface area contributed by atoms with Gasteiger partial charge < -0.3 is 4.57 Å². The number of hydrogen-bond donors (Lipinski definition) is 0. The topological polar surface area (TPSA) is 65.1 Å². The molecular formula is C9H9ClN2O3. The minimum Gasteiger partial charge on any atom is -0.306 e. The maximum atomic E-state index is 11.5. The highest BCUT2D eigenvalue weighted by Crippen LogP contribution is 2.01. The van der Waals surface area contributed by atoms with Crippen molar-refractivity contribution in [2.45, 2.75) is 6.54 Å². The molecular weight excluding hydrogens is 220 g/mol. The molecule has 0 amide bonds. The zero-order chi connectivity index (χ0) is 11.3. The molecule has 15 heavy (non-hydrogen) atoms. The highest BCUT2D eigenvalue weighted by atomic mass is 35.5. The Balaban J connectivity index is 3.00. The largest absolute Gasteiger partial charge is 0.334 e. The Morgan fingerprint density at radius 3 is 2.87 bits per heavy atom. The summed E-state index contributed by atoms with van der Waals surface area (Å²) >= 11 is 5.41. The molecule has 0 aromatic carbocycles. The number of nitro groups is 1. The van der Waals surface area contributed by atoms with Gasteiger partial charge >= 0.3 is 11.2 Å². The van der Waals surface area contributed by atoms with E-state index < -0.39 is 16.2 Å². The van der Waals surface area contributed by atoms with Crippen molar-refractivity contribution in [2.24, 2.45) is 0 Å². The quantitative estimate of drug-likeness (QED) is 0.340. The molecule has 0 atom stereocenters. The third-order valence-corrected chi connectivity index (χ3v) is 1.93. The average Bonchev–Trinajstić information content (AvgIpc) is 2.20. The van der Waals surface area contributed by atoms with Crippen molar-refractivity contribution in [2.75, 3.05) is 5.88 Å². The summed E-state index contributed by atoms with van der Waals surface area (Å²) in [5.74, 6) is 0.351. The van der Waals surface area contributed by atoms with Crippen LogP contribution in [0, 0.1) is 10.1 Å². The molecule has 0 fully saturated rings. The van der Waals surface area contributed by atoms with E-state index in [2.05, 4.69) is 0 Å². The Kier molecular flexibility index (Phi) is 4.05.